The first kappa shape index (κ1) is 15.3. The Labute approximate surface area is 125 Å². The SMILES string of the molecule is Cc1ccccc1CNC(C)c1ccccc1CC(=O)O. The van der Waals surface area contributed by atoms with E-state index >= 15 is 0 Å². The predicted molar refractivity (Wildman–Crippen MR) is 84.2 cm³/mol. The standard InChI is InChI=1S/C18H21NO2/c1-13-7-3-4-9-16(13)12-19-14(2)17-10-6-5-8-15(17)11-18(20)21/h3-10,14,19H,11-12H2,1-2H3,(H,20,21). The van der Waals surface area contributed by atoms with Crippen molar-refractivity contribution in [3.63, 3.8) is 0 Å². The Morgan fingerprint density at radius 1 is 1.10 bits per heavy atom. The number of hydrogen-bond donors (Lipinski definition) is 2. The van der Waals surface area contributed by atoms with E-state index in [-0.39, 0.29) is 12.5 Å². The summed E-state index contributed by atoms with van der Waals surface area (Å²) in [5, 5.41) is 12.5. The Morgan fingerprint density at radius 3 is 2.38 bits per heavy atom. The van der Waals surface area contributed by atoms with Gasteiger partial charge in [-0.25, -0.2) is 0 Å². The second kappa shape index (κ2) is 7.04. The summed E-state index contributed by atoms with van der Waals surface area (Å²) >= 11 is 0. The maximum absolute atomic E-state index is 10.9. The lowest BCUT2D eigenvalue weighted by Crippen LogP contribution is -2.20. The lowest BCUT2D eigenvalue weighted by molar-refractivity contribution is -0.136. The van der Waals surface area contributed by atoms with Gasteiger partial charge in [-0.05, 0) is 36.1 Å². The summed E-state index contributed by atoms with van der Waals surface area (Å²) < 4.78 is 0. The van der Waals surface area contributed by atoms with Crippen molar-refractivity contribution in [1.82, 2.24) is 5.32 Å². The third-order valence-electron chi connectivity index (χ3n) is 3.72. The summed E-state index contributed by atoms with van der Waals surface area (Å²) in [5.74, 6) is -0.798. The summed E-state index contributed by atoms with van der Waals surface area (Å²) in [6.07, 6.45) is 0.0621. The fourth-order valence-electron chi connectivity index (χ4n) is 2.46. The van der Waals surface area contributed by atoms with E-state index in [1.807, 2.05) is 36.4 Å². The molecule has 0 bridgehead atoms. The maximum atomic E-state index is 10.9. The molecule has 0 amide bonds. The molecular weight excluding hydrogens is 262 g/mol. The van der Waals surface area contributed by atoms with Crippen LogP contribution in [0.25, 0.3) is 0 Å². The fraction of sp³-hybridized carbons (Fsp3) is 0.278. The maximum Gasteiger partial charge on any atom is 0.307 e. The van der Waals surface area contributed by atoms with Crippen LogP contribution in [0.4, 0.5) is 0 Å². The van der Waals surface area contributed by atoms with Crippen molar-refractivity contribution in [3.8, 4) is 0 Å². The minimum Gasteiger partial charge on any atom is -0.481 e. The van der Waals surface area contributed by atoms with Crippen LogP contribution in [0.2, 0.25) is 0 Å². The van der Waals surface area contributed by atoms with Crippen LogP contribution in [0.15, 0.2) is 48.5 Å². The molecule has 0 saturated heterocycles. The zero-order valence-electron chi connectivity index (χ0n) is 12.5. The molecule has 0 radical (unpaired) electrons. The first-order valence-electron chi connectivity index (χ1n) is 7.15. The van der Waals surface area contributed by atoms with Crippen LogP contribution < -0.4 is 5.32 Å². The first-order chi connectivity index (χ1) is 10.1. The monoisotopic (exact) mass is 283 g/mol. The Morgan fingerprint density at radius 2 is 1.71 bits per heavy atom. The molecule has 1 atom stereocenters. The summed E-state index contributed by atoms with van der Waals surface area (Å²) in [7, 11) is 0. The number of carboxylic acid groups (broad SMARTS) is 1. The summed E-state index contributed by atoms with van der Waals surface area (Å²) in [4.78, 5) is 10.9. The molecule has 1 unspecified atom stereocenters. The lowest BCUT2D eigenvalue weighted by atomic mass is 9.98. The van der Waals surface area contributed by atoms with Gasteiger partial charge in [0.15, 0.2) is 0 Å². The number of carboxylic acids is 1. The molecule has 110 valence electrons. The first-order valence-corrected chi connectivity index (χ1v) is 7.15. The highest BCUT2D eigenvalue weighted by Gasteiger charge is 2.12. The van der Waals surface area contributed by atoms with E-state index in [0.29, 0.717) is 0 Å². The predicted octanol–water partition coefficient (Wildman–Crippen LogP) is 3.47. The molecule has 0 spiro atoms. The molecule has 0 aliphatic heterocycles. The van der Waals surface area contributed by atoms with Crippen LogP contribution in [0.5, 0.6) is 0 Å². The van der Waals surface area contributed by atoms with Crippen LogP contribution in [-0.2, 0) is 17.8 Å². The van der Waals surface area contributed by atoms with Crippen LogP contribution >= 0.6 is 0 Å². The quantitative estimate of drug-likeness (QED) is 0.853. The van der Waals surface area contributed by atoms with Crippen LogP contribution in [0.3, 0.4) is 0 Å². The van der Waals surface area contributed by atoms with Gasteiger partial charge >= 0.3 is 5.97 Å². The summed E-state index contributed by atoms with van der Waals surface area (Å²) in [6.45, 7) is 4.94. The Bertz CT molecular complexity index is 622. The van der Waals surface area contributed by atoms with Gasteiger partial charge in [-0.15, -0.1) is 0 Å². The van der Waals surface area contributed by atoms with Gasteiger partial charge in [0.1, 0.15) is 0 Å². The van der Waals surface area contributed by atoms with E-state index in [1.54, 1.807) is 0 Å². The number of aliphatic carboxylic acids is 1. The molecule has 0 saturated carbocycles. The van der Waals surface area contributed by atoms with Crippen molar-refractivity contribution in [3.05, 3.63) is 70.8 Å². The summed E-state index contributed by atoms with van der Waals surface area (Å²) in [6, 6.07) is 16.1. The van der Waals surface area contributed by atoms with E-state index < -0.39 is 5.97 Å². The van der Waals surface area contributed by atoms with E-state index in [1.165, 1.54) is 11.1 Å². The topological polar surface area (TPSA) is 49.3 Å². The van der Waals surface area contributed by atoms with Crippen molar-refractivity contribution in [2.24, 2.45) is 0 Å². The second-order valence-corrected chi connectivity index (χ2v) is 5.30. The second-order valence-electron chi connectivity index (χ2n) is 5.30. The van der Waals surface area contributed by atoms with E-state index in [2.05, 4.69) is 31.3 Å². The molecule has 0 aliphatic rings. The average molecular weight is 283 g/mol. The van der Waals surface area contributed by atoms with Crippen LogP contribution in [0, 0.1) is 6.92 Å². The zero-order chi connectivity index (χ0) is 15.2. The third kappa shape index (κ3) is 4.17. The average Bonchev–Trinajstić information content (AvgIpc) is 2.46. The molecule has 0 heterocycles. The summed E-state index contributed by atoms with van der Waals surface area (Å²) in [5.41, 5.74) is 4.44. The largest absolute Gasteiger partial charge is 0.481 e. The van der Waals surface area contributed by atoms with Crippen molar-refractivity contribution in [2.45, 2.75) is 32.9 Å². The molecule has 0 aromatic heterocycles. The molecule has 2 N–H and O–H groups in total. The van der Waals surface area contributed by atoms with Gasteiger partial charge in [-0.1, -0.05) is 48.5 Å². The fourth-order valence-corrected chi connectivity index (χ4v) is 2.46. The van der Waals surface area contributed by atoms with Crippen molar-refractivity contribution in [1.29, 1.82) is 0 Å². The Balaban J connectivity index is 2.08. The number of hydrogen-bond acceptors (Lipinski definition) is 2. The minimum absolute atomic E-state index is 0.0621. The molecule has 3 heteroatoms. The van der Waals surface area contributed by atoms with Gasteiger partial charge in [-0.2, -0.15) is 0 Å². The normalized spacial score (nSPS) is 12.1. The van der Waals surface area contributed by atoms with Gasteiger partial charge in [0, 0.05) is 12.6 Å². The van der Waals surface area contributed by atoms with Crippen LogP contribution in [-0.4, -0.2) is 11.1 Å². The van der Waals surface area contributed by atoms with Crippen molar-refractivity contribution >= 4 is 5.97 Å². The Hall–Kier alpha value is -2.13. The number of aryl methyl sites for hydroxylation is 1. The Kier molecular flexibility index (Phi) is 5.12. The van der Waals surface area contributed by atoms with Gasteiger partial charge < -0.3 is 10.4 Å². The highest BCUT2D eigenvalue weighted by atomic mass is 16.4. The number of benzene rings is 2. The van der Waals surface area contributed by atoms with Gasteiger partial charge in [0.25, 0.3) is 0 Å². The van der Waals surface area contributed by atoms with Crippen molar-refractivity contribution < 1.29 is 9.90 Å². The highest BCUT2D eigenvalue weighted by Crippen LogP contribution is 2.19. The van der Waals surface area contributed by atoms with E-state index in [4.69, 9.17) is 5.11 Å². The lowest BCUT2D eigenvalue weighted by Gasteiger charge is -2.18. The zero-order valence-corrected chi connectivity index (χ0v) is 12.5. The number of nitrogens with one attached hydrogen (secondary N) is 1. The van der Waals surface area contributed by atoms with Crippen molar-refractivity contribution in [2.75, 3.05) is 0 Å². The highest BCUT2D eigenvalue weighted by molar-refractivity contribution is 5.70. The molecule has 0 fully saturated rings. The number of rotatable bonds is 6. The molecule has 2 aromatic rings. The number of carbonyl (C=O) groups is 1. The molecule has 3 nitrogen and oxygen atoms in total. The molecular formula is C18H21NO2. The third-order valence-corrected chi connectivity index (χ3v) is 3.72. The molecule has 2 aromatic carbocycles. The smallest absolute Gasteiger partial charge is 0.307 e. The van der Waals surface area contributed by atoms with Gasteiger partial charge in [0.2, 0.25) is 0 Å². The van der Waals surface area contributed by atoms with Crippen LogP contribution in [0.1, 0.15) is 35.2 Å². The van der Waals surface area contributed by atoms with E-state index in [0.717, 1.165) is 17.7 Å². The van der Waals surface area contributed by atoms with Gasteiger partial charge in [-0.3, -0.25) is 4.79 Å². The minimum atomic E-state index is -0.798. The molecule has 0 aliphatic carbocycles. The van der Waals surface area contributed by atoms with E-state index in [9.17, 15) is 4.79 Å². The molecule has 2 rings (SSSR count). The van der Waals surface area contributed by atoms with Gasteiger partial charge in [0.05, 0.1) is 6.42 Å². The molecule has 21 heavy (non-hydrogen) atoms.